The zero-order valence-electron chi connectivity index (χ0n) is 8.20. The number of nitrogens with one attached hydrogen (secondary N) is 1. The number of carbonyl (C=O) groups is 1. The maximum absolute atomic E-state index is 12.7. The predicted molar refractivity (Wildman–Crippen MR) is 53.7 cm³/mol. The summed E-state index contributed by atoms with van der Waals surface area (Å²) in [6, 6.07) is 6.95. The molecule has 0 aliphatic rings. The van der Waals surface area contributed by atoms with Gasteiger partial charge in [0.2, 0.25) is 0 Å². The highest BCUT2D eigenvalue weighted by atomic mass is 19.1. The van der Waals surface area contributed by atoms with Crippen LogP contribution in [0, 0.1) is 17.1 Å². The Morgan fingerprint density at radius 1 is 1.67 bits per heavy atom. The van der Waals surface area contributed by atoms with Crippen molar-refractivity contribution in [1.82, 2.24) is 4.90 Å². The lowest BCUT2D eigenvalue weighted by Crippen LogP contribution is -2.31. The summed E-state index contributed by atoms with van der Waals surface area (Å²) in [7, 11) is 1.48. The third-order valence-electron chi connectivity index (χ3n) is 1.73. The fourth-order valence-corrected chi connectivity index (χ4v) is 0.963. The molecule has 0 aliphatic carbocycles. The Hall–Kier alpha value is -2.09. The van der Waals surface area contributed by atoms with E-state index in [4.69, 9.17) is 5.26 Å². The average Bonchev–Trinajstić information content (AvgIpc) is 2.18. The predicted octanol–water partition coefficient (Wildman–Crippen LogP) is 1.81. The molecule has 78 valence electrons. The molecule has 15 heavy (non-hydrogen) atoms. The van der Waals surface area contributed by atoms with Crippen molar-refractivity contribution in [1.29, 1.82) is 5.26 Å². The quantitative estimate of drug-likeness (QED) is 0.752. The standard InChI is InChI=1S/C10H10FN3O/c1-14(6-5-12)10(15)13-9-4-2-3-8(11)7-9/h2-4,7H,6H2,1H3,(H,13,15). The summed E-state index contributed by atoms with van der Waals surface area (Å²) in [6.07, 6.45) is 0. The second kappa shape index (κ2) is 4.96. The van der Waals surface area contributed by atoms with Crippen LogP contribution in [0.5, 0.6) is 0 Å². The van der Waals surface area contributed by atoms with E-state index in [0.717, 1.165) is 0 Å². The number of benzene rings is 1. The fourth-order valence-electron chi connectivity index (χ4n) is 0.963. The van der Waals surface area contributed by atoms with Gasteiger partial charge in [-0.1, -0.05) is 6.07 Å². The number of amides is 2. The Kier molecular flexibility index (Phi) is 3.63. The minimum atomic E-state index is -0.442. The van der Waals surface area contributed by atoms with Crippen LogP contribution in [0.1, 0.15) is 0 Å². The summed E-state index contributed by atoms with van der Waals surface area (Å²) >= 11 is 0. The lowest BCUT2D eigenvalue weighted by molar-refractivity contribution is 0.227. The fraction of sp³-hybridized carbons (Fsp3) is 0.200. The van der Waals surface area contributed by atoms with Crippen molar-refractivity contribution in [2.75, 3.05) is 18.9 Å². The number of hydrogen-bond donors (Lipinski definition) is 1. The van der Waals surface area contributed by atoms with E-state index < -0.39 is 11.8 Å². The van der Waals surface area contributed by atoms with E-state index in [1.54, 1.807) is 6.07 Å². The normalized spacial score (nSPS) is 9.13. The molecule has 0 fully saturated rings. The molecule has 0 radical (unpaired) electrons. The van der Waals surface area contributed by atoms with Gasteiger partial charge in [-0.25, -0.2) is 9.18 Å². The summed E-state index contributed by atoms with van der Waals surface area (Å²) in [6.45, 7) is -0.0127. The lowest BCUT2D eigenvalue weighted by atomic mass is 10.3. The van der Waals surface area contributed by atoms with Crippen molar-refractivity contribution in [3.05, 3.63) is 30.1 Å². The van der Waals surface area contributed by atoms with Gasteiger partial charge in [-0.15, -0.1) is 0 Å². The highest BCUT2D eigenvalue weighted by Gasteiger charge is 2.07. The molecule has 1 aromatic rings. The van der Waals surface area contributed by atoms with Crippen molar-refractivity contribution in [2.45, 2.75) is 0 Å². The molecule has 5 heteroatoms. The van der Waals surface area contributed by atoms with Crippen LogP contribution in [0.25, 0.3) is 0 Å². The molecule has 1 rings (SSSR count). The van der Waals surface area contributed by atoms with E-state index in [-0.39, 0.29) is 6.54 Å². The van der Waals surface area contributed by atoms with Crippen LogP contribution in [0.4, 0.5) is 14.9 Å². The topological polar surface area (TPSA) is 56.1 Å². The lowest BCUT2D eigenvalue weighted by Gasteiger charge is -2.13. The van der Waals surface area contributed by atoms with Gasteiger partial charge in [-0.2, -0.15) is 5.26 Å². The second-order valence-electron chi connectivity index (χ2n) is 2.95. The molecular formula is C10H10FN3O. The summed E-state index contributed by atoms with van der Waals surface area (Å²) in [5.74, 6) is -0.421. The van der Waals surface area contributed by atoms with Crippen molar-refractivity contribution < 1.29 is 9.18 Å². The average molecular weight is 207 g/mol. The molecule has 1 N–H and O–H groups in total. The third-order valence-corrected chi connectivity index (χ3v) is 1.73. The zero-order valence-corrected chi connectivity index (χ0v) is 8.20. The molecule has 0 saturated carbocycles. The summed E-state index contributed by atoms with van der Waals surface area (Å²) in [4.78, 5) is 12.6. The van der Waals surface area contributed by atoms with Gasteiger partial charge in [0, 0.05) is 12.7 Å². The van der Waals surface area contributed by atoms with Crippen LogP contribution in [0.15, 0.2) is 24.3 Å². The minimum absolute atomic E-state index is 0.0127. The first-order valence-corrected chi connectivity index (χ1v) is 4.28. The Morgan fingerprint density at radius 2 is 2.40 bits per heavy atom. The first-order valence-electron chi connectivity index (χ1n) is 4.28. The van der Waals surface area contributed by atoms with Crippen LogP contribution in [-0.2, 0) is 0 Å². The van der Waals surface area contributed by atoms with Gasteiger partial charge < -0.3 is 10.2 Å². The van der Waals surface area contributed by atoms with E-state index in [2.05, 4.69) is 5.32 Å². The monoisotopic (exact) mass is 207 g/mol. The Morgan fingerprint density at radius 3 is 3.00 bits per heavy atom. The highest BCUT2D eigenvalue weighted by Crippen LogP contribution is 2.09. The first kappa shape index (κ1) is 11.0. The second-order valence-corrected chi connectivity index (χ2v) is 2.95. The van der Waals surface area contributed by atoms with Gasteiger partial charge in [0.15, 0.2) is 0 Å². The van der Waals surface area contributed by atoms with Gasteiger partial charge in [0.05, 0.1) is 6.07 Å². The van der Waals surface area contributed by atoms with E-state index in [1.165, 1.54) is 30.1 Å². The maximum atomic E-state index is 12.7. The van der Waals surface area contributed by atoms with Gasteiger partial charge in [-0.05, 0) is 18.2 Å². The molecule has 0 heterocycles. The molecule has 0 spiro atoms. The maximum Gasteiger partial charge on any atom is 0.322 e. The Balaban J connectivity index is 2.63. The van der Waals surface area contributed by atoms with Gasteiger partial charge >= 0.3 is 6.03 Å². The highest BCUT2D eigenvalue weighted by molar-refractivity contribution is 5.89. The molecule has 2 amide bonds. The minimum Gasteiger partial charge on any atom is -0.314 e. The molecule has 0 saturated heterocycles. The summed E-state index contributed by atoms with van der Waals surface area (Å²) in [5.41, 5.74) is 0.366. The molecule has 0 bridgehead atoms. The molecule has 0 unspecified atom stereocenters. The van der Waals surface area contributed by atoms with Crippen LogP contribution in [0.2, 0.25) is 0 Å². The SMILES string of the molecule is CN(CC#N)C(=O)Nc1cccc(F)c1. The molecule has 0 aromatic heterocycles. The smallest absolute Gasteiger partial charge is 0.314 e. The number of nitriles is 1. The van der Waals surface area contributed by atoms with Crippen molar-refractivity contribution in [3.63, 3.8) is 0 Å². The molecule has 0 atom stereocenters. The van der Waals surface area contributed by atoms with E-state index in [9.17, 15) is 9.18 Å². The zero-order chi connectivity index (χ0) is 11.3. The van der Waals surface area contributed by atoms with E-state index in [1.807, 2.05) is 6.07 Å². The molecule has 1 aromatic carbocycles. The van der Waals surface area contributed by atoms with Gasteiger partial charge in [-0.3, -0.25) is 0 Å². The van der Waals surface area contributed by atoms with Gasteiger partial charge in [0.1, 0.15) is 12.4 Å². The van der Waals surface area contributed by atoms with E-state index in [0.29, 0.717) is 5.69 Å². The number of hydrogen-bond acceptors (Lipinski definition) is 2. The number of carbonyl (C=O) groups excluding carboxylic acids is 1. The van der Waals surface area contributed by atoms with Crippen LogP contribution < -0.4 is 5.32 Å². The number of nitrogens with zero attached hydrogens (tertiary/aromatic N) is 2. The van der Waals surface area contributed by atoms with Crippen LogP contribution in [-0.4, -0.2) is 24.5 Å². The largest absolute Gasteiger partial charge is 0.322 e. The van der Waals surface area contributed by atoms with Crippen molar-refractivity contribution >= 4 is 11.7 Å². The van der Waals surface area contributed by atoms with E-state index >= 15 is 0 Å². The molecule has 0 aliphatic heterocycles. The third kappa shape index (κ3) is 3.27. The number of halogens is 1. The first-order chi connectivity index (χ1) is 7.13. The Labute approximate surface area is 86.9 Å². The number of rotatable bonds is 2. The Bertz CT molecular complexity index is 400. The number of anilines is 1. The number of urea groups is 1. The van der Waals surface area contributed by atoms with Crippen LogP contribution >= 0.6 is 0 Å². The molecule has 4 nitrogen and oxygen atoms in total. The molecular weight excluding hydrogens is 197 g/mol. The van der Waals surface area contributed by atoms with Crippen molar-refractivity contribution in [2.24, 2.45) is 0 Å². The van der Waals surface area contributed by atoms with Crippen molar-refractivity contribution in [3.8, 4) is 6.07 Å². The summed E-state index contributed by atoms with van der Waals surface area (Å²) in [5, 5.41) is 10.8. The van der Waals surface area contributed by atoms with Crippen LogP contribution in [0.3, 0.4) is 0 Å². The summed E-state index contributed by atoms with van der Waals surface area (Å²) < 4.78 is 12.7. The van der Waals surface area contributed by atoms with Gasteiger partial charge in [0.25, 0.3) is 0 Å².